The number of nitrogens with one attached hydrogen (secondary N) is 2. The van der Waals surface area contributed by atoms with Gasteiger partial charge >= 0.3 is 0 Å². The largest absolute Gasteiger partial charge is 0.286 e. The maximum absolute atomic E-state index is 12.7. The molecule has 0 unspecified atom stereocenters. The van der Waals surface area contributed by atoms with Crippen molar-refractivity contribution in [3.63, 3.8) is 0 Å². The summed E-state index contributed by atoms with van der Waals surface area (Å²) >= 11 is 12.2. The monoisotopic (exact) mass is 460 g/mol. The van der Waals surface area contributed by atoms with Crippen LogP contribution in [0.25, 0.3) is 0 Å². The fourth-order valence-electron chi connectivity index (χ4n) is 2.24. The third kappa shape index (κ3) is 5.31. The van der Waals surface area contributed by atoms with Crippen LogP contribution in [0, 0.1) is 0 Å². The third-order valence-electron chi connectivity index (χ3n) is 3.73. The van der Waals surface area contributed by atoms with Crippen LogP contribution >= 0.6 is 48.0 Å². The Bertz CT molecular complexity index is 706. The maximum Gasteiger partial charge on any atom is 0.286 e. The molecule has 2 aliphatic heterocycles. The van der Waals surface area contributed by atoms with Crippen molar-refractivity contribution in [2.24, 2.45) is 0 Å². The van der Waals surface area contributed by atoms with Gasteiger partial charge in [0.15, 0.2) is 8.64 Å². The highest BCUT2D eigenvalue weighted by molar-refractivity contribution is 8.29. The van der Waals surface area contributed by atoms with Gasteiger partial charge in [-0.2, -0.15) is 10.0 Å². The van der Waals surface area contributed by atoms with Gasteiger partial charge in [-0.1, -0.05) is 50.2 Å². The minimum atomic E-state index is -0.586. The minimum Gasteiger partial charge on any atom is -0.273 e. The molecule has 2 aliphatic rings. The number of hydrogen-bond donors (Lipinski definition) is 2. The smallest absolute Gasteiger partial charge is 0.273 e. The van der Waals surface area contributed by atoms with Crippen molar-refractivity contribution in [1.29, 1.82) is 0 Å². The number of nitrogens with zero attached hydrogens (tertiary/aromatic N) is 2. The lowest BCUT2D eigenvalue weighted by molar-refractivity contribution is -0.134. The summed E-state index contributed by atoms with van der Waals surface area (Å²) in [6.07, 6.45) is 3.62. The predicted molar refractivity (Wildman–Crippen MR) is 116 cm³/mol. The van der Waals surface area contributed by atoms with Crippen molar-refractivity contribution in [3.05, 3.63) is 9.81 Å². The van der Waals surface area contributed by atoms with Crippen molar-refractivity contribution < 1.29 is 19.2 Å². The molecule has 2 rings (SSSR count). The van der Waals surface area contributed by atoms with Crippen molar-refractivity contribution in [1.82, 2.24) is 20.9 Å². The summed E-state index contributed by atoms with van der Waals surface area (Å²) < 4.78 is 0.254. The molecule has 8 nitrogen and oxygen atoms in total. The van der Waals surface area contributed by atoms with E-state index in [0.29, 0.717) is 12.8 Å². The average molecular weight is 461 g/mol. The molecule has 12 heteroatoms. The summed E-state index contributed by atoms with van der Waals surface area (Å²) in [5.74, 6) is -1.82. The Morgan fingerprint density at radius 3 is 1.50 bits per heavy atom. The second kappa shape index (κ2) is 10.3. The quantitative estimate of drug-likeness (QED) is 0.421. The zero-order valence-corrected chi connectivity index (χ0v) is 18.7. The van der Waals surface area contributed by atoms with Crippen LogP contribution in [0.3, 0.4) is 0 Å². The van der Waals surface area contributed by atoms with Crippen LogP contribution in [0.1, 0.15) is 52.4 Å². The van der Waals surface area contributed by atoms with Gasteiger partial charge in [0.2, 0.25) is 11.8 Å². The lowest BCUT2D eigenvalue weighted by atomic mass is 10.2. The van der Waals surface area contributed by atoms with Gasteiger partial charge in [0.05, 0.1) is 0 Å². The number of carbonyl (C=O) groups excluding carboxylic acids is 4. The Balaban J connectivity index is 2.12. The number of hydrogen-bond acceptors (Lipinski definition) is 8. The van der Waals surface area contributed by atoms with Crippen LogP contribution in [0.5, 0.6) is 0 Å². The topological polar surface area (TPSA) is 98.8 Å². The first kappa shape index (κ1) is 22.8. The zero-order valence-electron chi connectivity index (χ0n) is 15.4. The molecule has 0 atom stereocenters. The highest BCUT2D eigenvalue weighted by Crippen LogP contribution is 2.41. The van der Waals surface area contributed by atoms with E-state index in [4.69, 9.17) is 24.4 Å². The van der Waals surface area contributed by atoms with Gasteiger partial charge < -0.3 is 0 Å². The number of thiocarbonyl (C=S) groups is 2. The molecule has 0 spiro atoms. The Kier molecular flexibility index (Phi) is 8.40. The van der Waals surface area contributed by atoms with Crippen molar-refractivity contribution >= 4 is 80.2 Å². The predicted octanol–water partition coefficient (Wildman–Crippen LogP) is 2.36. The highest BCUT2D eigenvalue weighted by atomic mass is 32.2. The normalized spacial score (nSPS) is 19.6. The number of carbonyl (C=O) groups is 4. The van der Waals surface area contributed by atoms with Crippen LogP contribution in [0.15, 0.2) is 9.81 Å². The van der Waals surface area contributed by atoms with Gasteiger partial charge in [-0.25, -0.2) is 0 Å². The van der Waals surface area contributed by atoms with Crippen molar-refractivity contribution in [2.75, 3.05) is 0 Å². The van der Waals surface area contributed by atoms with E-state index in [1.165, 1.54) is 0 Å². The summed E-state index contributed by atoms with van der Waals surface area (Å²) in [7, 11) is 0. The molecule has 2 heterocycles. The van der Waals surface area contributed by atoms with Crippen LogP contribution in [-0.2, 0) is 19.2 Å². The van der Waals surface area contributed by atoms with Crippen LogP contribution in [-0.4, -0.2) is 42.3 Å². The summed E-state index contributed by atoms with van der Waals surface area (Å²) in [4.78, 5) is 49.3. The van der Waals surface area contributed by atoms with E-state index in [0.717, 1.165) is 46.4 Å². The number of hydrazine groups is 2. The SMILES string of the molecule is CCCCC(=O)NN1C(=O)C(=C2SC(=S)N(NC(=O)CCCC)C2=O)SC1=S. The third-order valence-corrected chi connectivity index (χ3v) is 6.61. The highest BCUT2D eigenvalue weighted by Gasteiger charge is 2.43. The molecular formula is C16H20N4O4S4. The molecule has 0 radical (unpaired) electrons. The first-order valence-electron chi connectivity index (χ1n) is 8.75. The van der Waals surface area contributed by atoms with E-state index in [2.05, 4.69) is 10.9 Å². The molecule has 0 bridgehead atoms. The summed E-state index contributed by atoms with van der Waals surface area (Å²) in [5.41, 5.74) is 4.94. The van der Waals surface area contributed by atoms with Gasteiger partial charge in [-0.3, -0.25) is 30.0 Å². The Labute approximate surface area is 182 Å². The molecule has 0 saturated carbocycles. The number of thioether (sulfide) groups is 2. The van der Waals surface area contributed by atoms with Crippen molar-refractivity contribution in [2.45, 2.75) is 52.4 Å². The van der Waals surface area contributed by atoms with E-state index in [1.54, 1.807) is 0 Å². The summed E-state index contributed by atoms with van der Waals surface area (Å²) in [5, 5.41) is 1.94. The molecule has 2 saturated heterocycles. The molecular weight excluding hydrogens is 440 g/mol. The molecule has 0 aromatic heterocycles. The van der Waals surface area contributed by atoms with Gasteiger partial charge in [0.25, 0.3) is 11.8 Å². The van der Waals surface area contributed by atoms with E-state index < -0.39 is 11.8 Å². The number of unbranched alkanes of at least 4 members (excludes halogenated alkanes) is 2. The summed E-state index contributed by atoms with van der Waals surface area (Å²) in [6, 6.07) is 0. The maximum atomic E-state index is 12.7. The van der Waals surface area contributed by atoms with Gasteiger partial charge in [-0.15, -0.1) is 0 Å². The molecule has 0 aliphatic carbocycles. The van der Waals surface area contributed by atoms with Gasteiger partial charge in [0.1, 0.15) is 9.81 Å². The first-order chi connectivity index (χ1) is 13.3. The van der Waals surface area contributed by atoms with Crippen LogP contribution < -0.4 is 10.9 Å². The van der Waals surface area contributed by atoms with Gasteiger partial charge in [0, 0.05) is 12.8 Å². The minimum absolute atomic E-state index is 0.0865. The van der Waals surface area contributed by atoms with Crippen LogP contribution in [0.4, 0.5) is 0 Å². The molecule has 4 amide bonds. The van der Waals surface area contributed by atoms with E-state index in [1.807, 2.05) is 13.8 Å². The number of amides is 4. The van der Waals surface area contributed by atoms with E-state index in [9.17, 15) is 19.2 Å². The second-order valence-corrected chi connectivity index (χ2v) is 9.24. The van der Waals surface area contributed by atoms with Crippen LogP contribution in [0.2, 0.25) is 0 Å². The Hall–Kier alpha value is -1.50. The second-order valence-electron chi connectivity index (χ2n) is 5.95. The fraction of sp³-hybridized carbons (Fsp3) is 0.500. The van der Waals surface area contributed by atoms with E-state index >= 15 is 0 Å². The first-order valence-corrected chi connectivity index (χ1v) is 11.2. The fourth-order valence-corrected chi connectivity index (χ4v) is 4.75. The lowest BCUT2D eigenvalue weighted by Gasteiger charge is -2.16. The average Bonchev–Trinajstić information content (AvgIpc) is 3.09. The van der Waals surface area contributed by atoms with Gasteiger partial charge in [-0.05, 0) is 37.3 Å². The molecule has 0 aromatic rings. The molecule has 28 heavy (non-hydrogen) atoms. The molecule has 2 fully saturated rings. The number of rotatable bonds is 8. The zero-order chi connectivity index (χ0) is 20.8. The molecule has 2 N–H and O–H groups in total. The Morgan fingerprint density at radius 1 is 0.821 bits per heavy atom. The van der Waals surface area contributed by atoms with Crippen molar-refractivity contribution in [3.8, 4) is 0 Å². The Morgan fingerprint density at radius 2 is 1.18 bits per heavy atom. The lowest BCUT2D eigenvalue weighted by Crippen LogP contribution is -2.45. The summed E-state index contributed by atoms with van der Waals surface area (Å²) in [6.45, 7) is 3.91. The standard InChI is InChI=1S/C16H20N4O4S4/c1-3-5-7-9(21)17-19-13(23)11(27-15(19)25)12-14(24)20(16(26)28-12)18-10(22)8-6-4-2/h3-8H2,1-2H3,(H,17,21)(H,18,22). The molecule has 0 aromatic carbocycles. The van der Waals surface area contributed by atoms with E-state index in [-0.39, 0.29) is 43.1 Å². The molecule has 152 valence electrons.